The zero-order valence-corrected chi connectivity index (χ0v) is 15.1. The number of aromatic nitrogens is 3. The second-order valence-corrected chi connectivity index (χ2v) is 6.91. The molecule has 2 aromatic heterocycles. The van der Waals surface area contributed by atoms with Crippen molar-refractivity contribution in [2.75, 3.05) is 5.73 Å². The van der Waals surface area contributed by atoms with Crippen molar-refractivity contribution in [3.05, 3.63) is 47.0 Å². The van der Waals surface area contributed by atoms with E-state index in [9.17, 15) is 4.79 Å². The molecule has 0 atom stereocenters. The Balaban J connectivity index is 1.68. The lowest BCUT2D eigenvalue weighted by Crippen LogP contribution is -2.10. The highest BCUT2D eigenvalue weighted by Gasteiger charge is 2.21. The smallest absolute Gasteiger partial charge is 0.346 e. The van der Waals surface area contributed by atoms with E-state index >= 15 is 0 Å². The van der Waals surface area contributed by atoms with Gasteiger partial charge in [-0.05, 0) is 30.0 Å². The summed E-state index contributed by atoms with van der Waals surface area (Å²) in [6.07, 6.45) is 0. The maximum absolute atomic E-state index is 12.0. The minimum absolute atomic E-state index is 0.0641. The third-order valence-corrected chi connectivity index (χ3v) is 3.88. The fraction of sp³-hybridized carbons (Fsp3) is 0.333. The summed E-state index contributed by atoms with van der Waals surface area (Å²) >= 11 is 0. The van der Waals surface area contributed by atoms with Gasteiger partial charge in [-0.15, -0.1) is 10.2 Å². The summed E-state index contributed by atoms with van der Waals surface area (Å²) in [6.45, 7) is 7.86. The lowest BCUT2D eigenvalue weighted by atomic mass is 9.87. The summed E-state index contributed by atoms with van der Waals surface area (Å²) in [7, 11) is 0. The number of hydrogen-bond donors (Lipinski definition) is 1. The maximum Gasteiger partial charge on any atom is 0.346 e. The van der Waals surface area contributed by atoms with Crippen LogP contribution in [0.2, 0.25) is 0 Å². The first kappa shape index (κ1) is 17.7. The molecule has 0 radical (unpaired) electrons. The summed E-state index contributed by atoms with van der Waals surface area (Å²) in [5.41, 5.74) is 8.07. The SMILES string of the molecule is Cc1noc(N)c1C(=O)OCc1nnc(-c2ccc(C(C)(C)C)cc2)o1. The van der Waals surface area contributed by atoms with Crippen molar-refractivity contribution in [1.82, 2.24) is 15.4 Å². The van der Waals surface area contributed by atoms with Crippen molar-refractivity contribution in [1.29, 1.82) is 0 Å². The predicted molar refractivity (Wildman–Crippen MR) is 93.2 cm³/mol. The van der Waals surface area contributed by atoms with Crippen LogP contribution in [0.1, 0.15) is 48.3 Å². The lowest BCUT2D eigenvalue weighted by molar-refractivity contribution is 0.0438. The van der Waals surface area contributed by atoms with Gasteiger partial charge in [0.05, 0.1) is 5.69 Å². The van der Waals surface area contributed by atoms with Gasteiger partial charge in [0.2, 0.25) is 11.8 Å². The van der Waals surface area contributed by atoms with Crippen LogP contribution in [0.5, 0.6) is 0 Å². The average Bonchev–Trinajstić information content (AvgIpc) is 3.19. The van der Waals surface area contributed by atoms with Gasteiger partial charge in [0, 0.05) is 5.56 Å². The van der Waals surface area contributed by atoms with E-state index in [1.807, 2.05) is 24.3 Å². The Labute approximate surface area is 150 Å². The number of hydrogen-bond acceptors (Lipinski definition) is 8. The number of nitrogens with zero attached hydrogens (tertiary/aromatic N) is 3. The van der Waals surface area contributed by atoms with Gasteiger partial charge in [0.1, 0.15) is 5.56 Å². The first-order chi connectivity index (χ1) is 12.3. The number of carbonyl (C=O) groups excluding carboxylic acids is 1. The number of benzene rings is 1. The van der Waals surface area contributed by atoms with Crippen molar-refractivity contribution in [2.24, 2.45) is 0 Å². The highest BCUT2D eigenvalue weighted by atomic mass is 16.5. The molecule has 26 heavy (non-hydrogen) atoms. The first-order valence-corrected chi connectivity index (χ1v) is 8.08. The Morgan fingerprint density at radius 2 is 1.88 bits per heavy atom. The molecule has 3 aromatic rings. The molecule has 136 valence electrons. The number of rotatable bonds is 4. The number of ether oxygens (including phenoxy) is 1. The van der Waals surface area contributed by atoms with Crippen LogP contribution < -0.4 is 5.73 Å². The summed E-state index contributed by atoms with van der Waals surface area (Å²) in [5, 5.41) is 11.5. The van der Waals surface area contributed by atoms with Crippen LogP contribution in [0.4, 0.5) is 5.88 Å². The second kappa shape index (κ2) is 6.62. The van der Waals surface area contributed by atoms with Crippen molar-refractivity contribution in [3.63, 3.8) is 0 Å². The summed E-state index contributed by atoms with van der Waals surface area (Å²) in [5.74, 6) is -0.203. The quantitative estimate of drug-likeness (QED) is 0.708. The molecule has 8 nitrogen and oxygen atoms in total. The third kappa shape index (κ3) is 3.58. The molecule has 0 spiro atoms. The van der Waals surface area contributed by atoms with Gasteiger partial charge in [-0.2, -0.15) is 0 Å². The Morgan fingerprint density at radius 1 is 1.19 bits per heavy atom. The highest BCUT2D eigenvalue weighted by Crippen LogP contribution is 2.25. The molecule has 2 N–H and O–H groups in total. The van der Waals surface area contributed by atoms with Gasteiger partial charge >= 0.3 is 5.97 Å². The first-order valence-electron chi connectivity index (χ1n) is 8.08. The van der Waals surface area contributed by atoms with Crippen LogP contribution in [0.15, 0.2) is 33.2 Å². The van der Waals surface area contributed by atoms with Gasteiger partial charge in [-0.1, -0.05) is 38.1 Å². The standard InChI is InChI=1S/C18H20N4O4/c1-10-14(15(19)26-22-10)17(23)24-9-13-20-21-16(25-13)11-5-7-12(8-6-11)18(2,3)4/h5-8H,9,19H2,1-4H3. The molecule has 0 fully saturated rings. The van der Waals surface area contributed by atoms with E-state index in [4.69, 9.17) is 19.4 Å². The number of nitrogens with two attached hydrogens (primary N) is 1. The minimum Gasteiger partial charge on any atom is -0.452 e. The Kier molecular flexibility index (Phi) is 4.50. The van der Waals surface area contributed by atoms with Crippen molar-refractivity contribution < 1.29 is 18.5 Å². The van der Waals surface area contributed by atoms with Crippen molar-refractivity contribution in [2.45, 2.75) is 39.7 Å². The fourth-order valence-corrected chi connectivity index (χ4v) is 2.38. The topological polar surface area (TPSA) is 117 Å². The highest BCUT2D eigenvalue weighted by molar-refractivity contribution is 5.94. The maximum atomic E-state index is 12.0. The zero-order valence-electron chi connectivity index (χ0n) is 15.1. The molecule has 0 aliphatic carbocycles. The van der Waals surface area contributed by atoms with E-state index in [-0.39, 0.29) is 29.4 Å². The molecular weight excluding hydrogens is 336 g/mol. The Hall–Kier alpha value is -3.16. The summed E-state index contributed by atoms with van der Waals surface area (Å²) in [6, 6.07) is 7.89. The van der Waals surface area contributed by atoms with Gasteiger partial charge < -0.3 is 19.4 Å². The summed E-state index contributed by atoms with van der Waals surface area (Å²) in [4.78, 5) is 12.0. The van der Waals surface area contributed by atoms with Crippen LogP contribution in [0, 0.1) is 6.92 Å². The van der Waals surface area contributed by atoms with Crippen LogP contribution in [-0.4, -0.2) is 21.3 Å². The Morgan fingerprint density at radius 3 is 2.46 bits per heavy atom. The summed E-state index contributed by atoms with van der Waals surface area (Å²) < 4.78 is 15.4. The minimum atomic E-state index is -0.657. The van der Waals surface area contributed by atoms with Gasteiger partial charge in [0.15, 0.2) is 6.61 Å². The van der Waals surface area contributed by atoms with E-state index in [1.54, 1.807) is 6.92 Å². The molecule has 1 aromatic carbocycles. The van der Waals surface area contributed by atoms with E-state index < -0.39 is 5.97 Å². The molecule has 2 heterocycles. The van der Waals surface area contributed by atoms with Crippen LogP contribution in [-0.2, 0) is 16.8 Å². The second-order valence-electron chi connectivity index (χ2n) is 6.91. The molecule has 8 heteroatoms. The van der Waals surface area contributed by atoms with E-state index in [0.717, 1.165) is 5.56 Å². The van der Waals surface area contributed by atoms with Crippen molar-refractivity contribution in [3.8, 4) is 11.5 Å². The molecular formula is C18H20N4O4. The van der Waals surface area contributed by atoms with E-state index in [0.29, 0.717) is 11.6 Å². The molecule has 0 saturated carbocycles. The third-order valence-electron chi connectivity index (χ3n) is 3.88. The normalized spacial score (nSPS) is 11.5. The fourth-order valence-electron chi connectivity index (χ4n) is 2.38. The van der Waals surface area contributed by atoms with Crippen LogP contribution in [0.3, 0.4) is 0 Å². The van der Waals surface area contributed by atoms with Gasteiger partial charge in [-0.25, -0.2) is 4.79 Å². The zero-order chi connectivity index (χ0) is 18.9. The number of carbonyl (C=O) groups is 1. The number of anilines is 1. The van der Waals surface area contributed by atoms with E-state index in [2.05, 4.69) is 36.1 Å². The molecule has 0 bridgehead atoms. The van der Waals surface area contributed by atoms with E-state index in [1.165, 1.54) is 5.56 Å². The molecule has 0 amide bonds. The molecule has 3 rings (SSSR count). The molecule has 0 saturated heterocycles. The van der Waals surface area contributed by atoms with Crippen LogP contribution >= 0.6 is 0 Å². The average molecular weight is 356 g/mol. The largest absolute Gasteiger partial charge is 0.452 e. The van der Waals surface area contributed by atoms with Gasteiger partial charge in [-0.3, -0.25) is 0 Å². The van der Waals surface area contributed by atoms with Crippen LogP contribution in [0.25, 0.3) is 11.5 Å². The van der Waals surface area contributed by atoms with Crippen molar-refractivity contribution >= 4 is 11.9 Å². The molecule has 0 aliphatic heterocycles. The number of aryl methyl sites for hydroxylation is 1. The molecule has 0 unspecified atom stereocenters. The number of esters is 1. The van der Waals surface area contributed by atoms with Gasteiger partial charge in [0.25, 0.3) is 5.89 Å². The molecule has 0 aliphatic rings. The Bertz CT molecular complexity index is 900. The lowest BCUT2D eigenvalue weighted by Gasteiger charge is -2.18. The predicted octanol–water partition coefficient (Wildman–Crippen LogP) is 3.27. The monoisotopic (exact) mass is 356 g/mol. The number of nitrogen functional groups attached to an aromatic ring is 1.